The molecule has 18 heavy (non-hydrogen) atoms. The van der Waals surface area contributed by atoms with Crippen molar-refractivity contribution in [2.45, 2.75) is 45.1 Å². The van der Waals surface area contributed by atoms with E-state index in [4.69, 9.17) is 4.74 Å². The van der Waals surface area contributed by atoms with Gasteiger partial charge in [0.25, 0.3) is 0 Å². The van der Waals surface area contributed by atoms with Gasteiger partial charge < -0.3 is 10.1 Å². The Morgan fingerprint density at radius 3 is 2.83 bits per heavy atom. The average molecular weight is 270 g/mol. The molecule has 0 heterocycles. The maximum Gasteiger partial charge on any atom is 0.122 e. The predicted octanol–water partition coefficient (Wildman–Crippen LogP) is 3.53. The standard InChI is InChI=1S/C15H23NO.ClH/c1-4-10-16-14-9-8-13-12(11(14)2)6-5-7-15(13)17-3;/h5-7,11,14,16H,4,8-10H2,1-3H3;1H/t11-,14+;/m1./s1. The molecule has 1 aromatic carbocycles. The lowest BCUT2D eigenvalue weighted by atomic mass is 9.80. The molecule has 2 rings (SSSR count). The number of hydrogen-bond acceptors (Lipinski definition) is 2. The highest BCUT2D eigenvalue weighted by Gasteiger charge is 2.27. The Morgan fingerprint density at radius 1 is 1.39 bits per heavy atom. The van der Waals surface area contributed by atoms with E-state index >= 15 is 0 Å². The second kappa shape index (κ2) is 7.01. The van der Waals surface area contributed by atoms with Gasteiger partial charge in [-0.05, 0) is 48.9 Å². The maximum absolute atomic E-state index is 5.46. The SMILES string of the molecule is CCCN[C@H]1CCc2c(OC)cccc2[C@H]1C.Cl. The highest BCUT2D eigenvalue weighted by atomic mass is 35.5. The molecule has 1 aromatic rings. The van der Waals surface area contributed by atoms with Crippen molar-refractivity contribution in [2.24, 2.45) is 0 Å². The average Bonchev–Trinajstić information content (AvgIpc) is 2.37. The van der Waals surface area contributed by atoms with E-state index in [1.807, 2.05) is 0 Å². The van der Waals surface area contributed by atoms with Crippen LogP contribution in [-0.2, 0) is 6.42 Å². The van der Waals surface area contributed by atoms with Crippen LogP contribution in [0.25, 0.3) is 0 Å². The summed E-state index contributed by atoms with van der Waals surface area (Å²) in [5.41, 5.74) is 2.88. The normalized spacial score (nSPS) is 21.9. The van der Waals surface area contributed by atoms with Crippen molar-refractivity contribution in [2.75, 3.05) is 13.7 Å². The second-order valence-corrected chi connectivity index (χ2v) is 4.92. The van der Waals surface area contributed by atoms with E-state index in [1.54, 1.807) is 7.11 Å². The van der Waals surface area contributed by atoms with Crippen molar-refractivity contribution in [1.29, 1.82) is 0 Å². The van der Waals surface area contributed by atoms with E-state index in [0.29, 0.717) is 12.0 Å². The van der Waals surface area contributed by atoms with Crippen LogP contribution in [0.3, 0.4) is 0 Å². The van der Waals surface area contributed by atoms with Crippen LogP contribution in [-0.4, -0.2) is 19.7 Å². The second-order valence-electron chi connectivity index (χ2n) is 4.92. The molecule has 0 saturated heterocycles. The Kier molecular flexibility index (Phi) is 5.97. The van der Waals surface area contributed by atoms with E-state index in [9.17, 15) is 0 Å². The van der Waals surface area contributed by atoms with Gasteiger partial charge in [-0.1, -0.05) is 26.0 Å². The summed E-state index contributed by atoms with van der Waals surface area (Å²) in [5, 5.41) is 3.66. The summed E-state index contributed by atoms with van der Waals surface area (Å²) in [6.07, 6.45) is 3.55. The molecule has 2 atom stereocenters. The summed E-state index contributed by atoms with van der Waals surface area (Å²) in [7, 11) is 1.77. The van der Waals surface area contributed by atoms with E-state index in [0.717, 1.165) is 18.7 Å². The summed E-state index contributed by atoms with van der Waals surface area (Å²) in [5.74, 6) is 1.64. The van der Waals surface area contributed by atoms with Crippen molar-refractivity contribution >= 4 is 12.4 Å². The third-order valence-electron chi connectivity index (χ3n) is 3.85. The molecule has 102 valence electrons. The number of nitrogens with one attached hydrogen (secondary N) is 1. The van der Waals surface area contributed by atoms with Crippen molar-refractivity contribution in [3.8, 4) is 5.75 Å². The maximum atomic E-state index is 5.46. The summed E-state index contributed by atoms with van der Waals surface area (Å²) >= 11 is 0. The minimum Gasteiger partial charge on any atom is -0.496 e. The number of hydrogen-bond donors (Lipinski definition) is 1. The molecule has 0 radical (unpaired) electrons. The number of rotatable bonds is 4. The third-order valence-corrected chi connectivity index (χ3v) is 3.85. The Bertz CT molecular complexity index is 381. The van der Waals surface area contributed by atoms with Crippen molar-refractivity contribution in [3.05, 3.63) is 29.3 Å². The van der Waals surface area contributed by atoms with Crippen molar-refractivity contribution in [3.63, 3.8) is 0 Å². The molecular formula is C15H24ClNO. The van der Waals surface area contributed by atoms with Gasteiger partial charge in [-0.25, -0.2) is 0 Å². The molecule has 0 spiro atoms. The van der Waals surface area contributed by atoms with Crippen LogP contribution in [0.1, 0.15) is 43.7 Å². The van der Waals surface area contributed by atoms with Crippen LogP contribution in [0.5, 0.6) is 5.75 Å². The Labute approximate surface area is 117 Å². The lowest BCUT2D eigenvalue weighted by Gasteiger charge is -2.32. The minimum absolute atomic E-state index is 0. The van der Waals surface area contributed by atoms with E-state index in [1.165, 1.54) is 24.0 Å². The molecule has 0 aliphatic heterocycles. The first-order valence-electron chi connectivity index (χ1n) is 6.67. The van der Waals surface area contributed by atoms with Crippen LogP contribution in [0, 0.1) is 0 Å². The molecule has 0 unspecified atom stereocenters. The number of ether oxygens (including phenoxy) is 1. The molecule has 0 bridgehead atoms. The highest BCUT2D eigenvalue weighted by Crippen LogP contribution is 2.36. The molecule has 0 aromatic heterocycles. The van der Waals surface area contributed by atoms with Crippen molar-refractivity contribution in [1.82, 2.24) is 5.32 Å². The fourth-order valence-corrected chi connectivity index (χ4v) is 2.84. The zero-order valence-electron chi connectivity index (χ0n) is 11.5. The molecule has 0 amide bonds. The molecule has 1 aliphatic carbocycles. The van der Waals surface area contributed by atoms with Gasteiger partial charge in [0.15, 0.2) is 0 Å². The summed E-state index contributed by atoms with van der Waals surface area (Å²) in [6, 6.07) is 7.05. The van der Waals surface area contributed by atoms with Crippen molar-refractivity contribution < 1.29 is 4.74 Å². The van der Waals surface area contributed by atoms with Gasteiger partial charge in [-0.2, -0.15) is 0 Å². The summed E-state index contributed by atoms with van der Waals surface area (Å²) in [4.78, 5) is 0. The quantitative estimate of drug-likeness (QED) is 0.903. The first-order valence-corrected chi connectivity index (χ1v) is 6.67. The third kappa shape index (κ3) is 2.99. The largest absolute Gasteiger partial charge is 0.496 e. The van der Waals surface area contributed by atoms with Gasteiger partial charge in [0.1, 0.15) is 5.75 Å². The molecule has 1 N–H and O–H groups in total. The fourth-order valence-electron chi connectivity index (χ4n) is 2.84. The van der Waals surface area contributed by atoms with Gasteiger partial charge >= 0.3 is 0 Å². The van der Waals surface area contributed by atoms with Gasteiger partial charge in [-0.3, -0.25) is 0 Å². The Morgan fingerprint density at radius 2 is 2.17 bits per heavy atom. The van der Waals surface area contributed by atoms with Crippen LogP contribution in [0.4, 0.5) is 0 Å². The van der Waals surface area contributed by atoms with Gasteiger partial charge in [0, 0.05) is 6.04 Å². The zero-order chi connectivity index (χ0) is 12.3. The molecular weight excluding hydrogens is 246 g/mol. The highest BCUT2D eigenvalue weighted by molar-refractivity contribution is 5.85. The fraction of sp³-hybridized carbons (Fsp3) is 0.600. The summed E-state index contributed by atoms with van der Waals surface area (Å²) in [6.45, 7) is 5.66. The lowest BCUT2D eigenvalue weighted by Crippen LogP contribution is -2.37. The zero-order valence-corrected chi connectivity index (χ0v) is 12.3. The number of fused-ring (bicyclic) bond motifs is 1. The minimum atomic E-state index is 0. The summed E-state index contributed by atoms with van der Waals surface area (Å²) < 4.78 is 5.46. The van der Waals surface area contributed by atoms with Crippen LogP contribution in [0.15, 0.2) is 18.2 Å². The number of halogens is 1. The van der Waals surface area contributed by atoms with Gasteiger partial charge in [-0.15, -0.1) is 12.4 Å². The molecule has 0 fully saturated rings. The number of benzene rings is 1. The van der Waals surface area contributed by atoms with E-state index < -0.39 is 0 Å². The molecule has 2 nitrogen and oxygen atoms in total. The van der Waals surface area contributed by atoms with Crippen LogP contribution < -0.4 is 10.1 Å². The molecule has 1 aliphatic rings. The van der Waals surface area contributed by atoms with E-state index in [-0.39, 0.29) is 12.4 Å². The smallest absolute Gasteiger partial charge is 0.122 e. The lowest BCUT2D eigenvalue weighted by molar-refractivity contribution is 0.378. The number of methoxy groups -OCH3 is 1. The first kappa shape index (κ1) is 15.3. The molecule has 3 heteroatoms. The van der Waals surface area contributed by atoms with E-state index in [2.05, 4.69) is 37.4 Å². The predicted molar refractivity (Wildman–Crippen MR) is 79.1 cm³/mol. The van der Waals surface area contributed by atoms with Gasteiger partial charge in [0.2, 0.25) is 0 Å². The van der Waals surface area contributed by atoms with Gasteiger partial charge in [0.05, 0.1) is 7.11 Å². The molecule has 0 saturated carbocycles. The monoisotopic (exact) mass is 269 g/mol. The Hall–Kier alpha value is -0.730. The topological polar surface area (TPSA) is 21.3 Å². The van der Waals surface area contributed by atoms with Crippen LogP contribution in [0.2, 0.25) is 0 Å². The first-order chi connectivity index (χ1) is 8.27. The Balaban J connectivity index is 0.00000162. The van der Waals surface area contributed by atoms with Crippen LogP contribution >= 0.6 is 12.4 Å².